The van der Waals surface area contributed by atoms with E-state index >= 15 is 0 Å². The van der Waals surface area contributed by atoms with Gasteiger partial charge in [0.15, 0.2) is 0 Å². The third-order valence-electron chi connectivity index (χ3n) is 4.06. The van der Waals surface area contributed by atoms with Gasteiger partial charge in [-0.1, -0.05) is 26.7 Å². The summed E-state index contributed by atoms with van der Waals surface area (Å²) in [5.41, 5.74) is 5.69. The van der Waals surface area contributed by atoms with Crippen LogP contribution in [0.3, 0.4) is 0 Å². The summed E-state index contributed by atoms with van der Waals surface area (Å²) in [5, 5.41) is 5.15. The lowest BCUT2D eigenvalue weighted by Crippen LogP contribution is -2.47. The lowest BCUT2D eigenvalue weighted by atomic mass is 10.1. The molecule has 0 bridgehead atoms. The van der Waals surface area contributed by atoms with Gasteiger partial charge < -0.3 is 21.3 Å². The van der Waals surface area contributed by atoms with E-state index < -0.39 is 6.04 Å². The van der Waals surface area contributed by atoms with Crippen molar-refractivity contribution in [3.63, 3.8) is 0 Å². The molecular weight excluding hydrogens is 296 g/mol. The molecule has 0 aromatic carbocycles. The van der Waals surface area contributed by atoms with Gasteiger partial charge in [-0.3, -0.25) is 14.4 Å². The van der Waals surface area contributed by atoms with E-state index in [-0.39, 0.29) is 30.2 Å². The predicted molar refractivity (Wildman–Crippen MR) is 88.5 cm³/mol. The van der Waals surface area contributed by atoms with Gasteiger partial charge in [0.1, 0.15) is 0 Å². The van der Waals surface area contributed by atoms with Crippen molar-refractivity contribution < 1.29 is 14.4 Å². The van der Waals surface area contributed by atoms with Gasteiger partial charge in [0.05, 0.1) is 12.6 Å². The number of nitrogens with zero attached hydrogens (tertiary/aromatic N) is 1. The summed E-state index contributed by atoms with van der Waals surface area (Å²) in [4.78, 5) is 37.2. The third-order valence-corrected chi connectivity index (χ3v) is 4.06. The molecule has 0 spiro atoms. The van der Waals surface area contributed by atoms with Gasteiger partial charge in [-0.25, -0.2) is 0 Å². The van der Waals surface area contributed by atoms with Crippen molar-refractivity contribution in [3.05, 3.63) is 0 Å². The number of rotatable bonds is 7. The van der Waals surface area contributed by atoms with E-state index in [0.717, 1.165) is 25.9 Å². The molecule has 132 valence electrons. The normalized spacial score (nSPS) is 16.6. The summed E-state index contributed by atoms with van der Waals surface area (Å²) >= 11 is 0. The Morgan fingerprint density at radius 2 is 1.65 bits per heavy atom. The van der Waals surface area contributed by atoms with Crippen molar-refractivity contribution in [1.82, 2.24) is 15.5 Å². The van der Waals surface area contributed by atoms with Crippen molar-refractivity contribution in [2.24, 2.45) is 11.7 Å². The van der Waals surface area contributed by atoms with Crippen molar-refractivity contribution in [2.45, 2.75) is 52.0 Å². The number of likely N-dealkylation sites (tertiary alicyclic amines) is 1. The van der Waals surface area contributed by atoms with Gasteiger partial charge in [-0.2, -0.15) is 0 Å². The van der Waals surface area contributed by atoms with Gasteiger partial charge in [0, 0.05) is 26.1 Å². The third kappa shape index (κ3) is 7.45. The van der Waals surface area contributed by atoms with Gasteiger partial charge in [0.25, 0.3) is 0 Å². The average Bonchev–Trinajstić information content (AvgIpc) is 2.80. The van der Waals surface area contributed by atoms with Crippen LogP contribution in [-0.4, -0.2) is 54.8 Å². The summed E-state index contributed by atoms with van der Waals surface area (Å²) in [6.45, 7) is 5.50. The van der Waals surface area contributed by atoms with E-state index in [9.17, 15) is 14.4 Å². The number of nitrogens with one attached hydrogen (secondary N) is 2. The van der Waals surface area contributed by atoms with Crippen molar-refractivity contribution >= 4 is 17.7 Å². The molecule has 1 aliphatic heterocycles. The van der Waals surface area contributed by atoms with E-state index in [0.29, 0.717) is 13.0 Å². The first-order valence-electron chi connectivity index (χ1n) is 8.49. The number of hydrogen-bond donors (Lipinski definition) is 3. The Morgan fingerprint density at radius 3 is 2.22 bits per heavy atom. The lowest BCUT2D eigenvalue weighted by Gasteiger charge is -2.20. The molecule has 0 unspecified atom stereocenters. The Hall–Kier alpha value is -1.63. The molecule has 1 aliphatic rings. The minimum absolute atomic E-state index is 0.0179. The molecule has 1 heterocycles. The minimum atomic E-state index is -0.618. The molecule has 7 heteroatoms. The smallest absolute Gasteiger partial charge is 0.239 e. The monoisotopic (exact) mass is 326 g/mol. The second-order valence-electron chi connectivity index (χ2n) is 6.38. The number of nitrogens with two attached hydrogens (primary N) is 1. The molecule has 23 heavy (non-hydrogen) atoms. The van der Waals surface area contributed by atoms with Crippen LogP contribution in [0, 0.1) is 5.92 Å². The standard InChI is InChI=1S/C16H30N4O3/c1-12(2)15(17)16(23)19-11-13(21)18-8-7-14(22)20-9-5-3-4-6-10-20/h12,15H,3-11,17H2,1-2H3,(H,18,21)(H,19,23)/t15-/m0/s1. The molecule has 0 aromatic heterocycles. The van der Waals surface area contributed by atoms with Crippen LogP contribution in [0.4, 0.5) is 0 Å². The molecule has 1 atom stereocenters. The summed E-state index contributed by atoms with van der Waals surface area (Å²) in [7, 11) is 0. The van der Waals surface area contributed by atoms with E-state index in [1.54, 1.807) is 0 Å². The molecule has 0 aliphatic carbocycles. The summed E-state index contributed by atoms with van der Waals surface area (Å²) in [6, 6.07) is -0.618. The first-order valence-corrected chi connectivity index (χ1v) is 8.49. The highest BCUT2D eigenvalue weighted by Crippen LogP contribution is 2.10. The molecule has 0 saturated carbocycles. The van der Waals surface area contributed by atoms with Gasteiger partial charge >= 0.3 is 0 Å². The second-order valence-corrected chi connectivity index (χ2v) is 6.38. The molecular formula is C16H30N4O3. The van der Waals surface area contributed by atoms with Gasteiger partial charge in [-0.05, 0) is 18.8 Å². The maximum Gasteiger partial charge on any atom is 0.239 e. The average molecular weight is 326 g/mol. The van der Waals surface area contributed by atoms with E-state index in [4.69, 9.17) is 5.73 Å². The van der Waals surface area contributed by atoms with Crippen LogP contribution in [0.25, 0.3) is 0 Å². The lowest BCUT2D eigenvalue weighted by molar-refractivity contribution is -0.131. The van der Waals surface area contributed by atoms with E-state index in [1.807, 2.05) is 18.7 Å². The Labute approximate surface area is 138 Å². The molecule has 1 fully saturated rings. The van der Waals surface area contributed by atoms with E-state index in [1.165, 1.54) is 12.8 Å². The highest BCUT2D eigenvalue weighted by Gasteiger charge is 2.18. The Morgan fingerprint density at radius 1 is 1.04 bits per heavy atom. The molecule has 4 N–H and O–H groups in total. The summed E-state index contributed by atoms with van der Waals surface area (Å²) < 4.78 is 0. The number of carbonyl (C=O) groups is 3. The Bertz CT molecular complexity index is 404. The zero-order chi connectivity index (χ0) is 17.2. The maximum atomic E-state index is 12.1. The predicted octanol–water partition coefficient (Wildman–Crippen LogP) is -0.00520. The molecule has 0 aromatic rings. The van der Waals surface area contributed by atoms with Crippen molar-refractivity contribution in [1.29, 1.82) is 0 Å². The Balaban J connectivity index is 2.18. The van der Waals surface area contributed by atoms with Crippen molar-refractivity contribution in [3.8, 4) is 0 Å². The van der Waals surface area contributed by atoms with Crippen LogP contribution in [0.2, 0.25) is 0 Å². The zero-order valence-electron chi connectivity index (χ0n) is 14.3. The van der Waals surface area contributed by atoms with Gasteiger partial charge in [0.2, 0.25) is 17.7 Å². The van der Waals surface area contributed by atoms with Crippen LogP contribution in [-0.2, 0) is 14.4 Å². The minimum Gasteiger partial charge on any atom is -0.354 e. The van der Waals surface area contributed by atoms with Gasteiger partial charge in [-0.15, -0.1) is 0 Å². The molecule has 0 radical (unpaired) electrons. The van der Waals surface area contributed by atoms with Crippen LogP contribution < -0.4 is 16.4 Å². The molecule has 1 saturated heterocycles. The SMILES string of the molecule is CC(C)[C@H](N)C(=O)NCC(=O)NCCC(=O)N1CCCCCC1. The fraction of sp³-hybridized carbons (Fsp3) is 0.812. The van der Waals surface area contributed by atoms with Crippen LogP contribution in [0.1, 0.15) is 46.0 Å². The highest BCUT2D eigenvalue weighted by atomic mass is 16.2. The first kappa shape index (κ1) is 19.4. The number of amides is 3. The maximum absolute atomic E-state index is 12.1. The fourth-order valence-corrected chi connectivity index (χ4v) is 2.44. The number of carbonyl (C=O) groups excluding carboxylic acids is 3. The molecule has 3 amide bonds. The van der Waals surface area contributed by atoms with Crippen molar-refractivity contribution in [2.75, 3.05) is 26.2 Å². The van der Waals surface area contributed by atoms with E-state index in [2.05, 4.69) is 10.6 Å². The first-order chi connectivity index (χ1) is 10.9. The van der Waals surface area contributed by atoms with Crippen LogP contribution >= 0.6 is 0 Å². The topological polar surface area (TPSA) is 105 Å². The number of hydrogen-bond acceptors (Lipinski definition) is 4. The largest absolute Gasteiger partial charge is 0.354 e. The molecule has 7 nitrogen and oxygen atoms in total. The summed E-state index contributed by atoms with van der Waals surface area (Å²) in [5.74, 6) is -0.545. The highest BCUT2D eigenvalue weighted by molar-refractivity contribution is 5.87. The van der Waals surface area contributed by atoms with Crippen LogP contribution in [0.5, 0.6) is 0 Å². The zero-order valence-corrected chi connectivity index (χ0v) is 14.3. The Kier molecular flexibility index (Phi) is 8.61. The fourth-order valence-electron chi connectivity index (χ4n) is 2.44. The summed E-state index contributed by atoms with van der Waals surface area (Å²) in [6.07, 6.45) is 4.77. The quantitative estimate of drug-likeness (QED) is 0.612. The van der Waals surface area contributed by atoms with Crippen LogP contribution in [0.15, 0.2) is 0 Å². The second kappa shape index (κ2) is 10.2. The molecule has 1 rings (SSSR count).